The van der Waals surface area contributed by atoms with Gasteiger partial charge in [0.1, 0.15) is 0 Å². The lowest BCUT2D eigenvalue weighted by molar-refractivity contribution is -0.116. The molecule has 2 aromatic carbocycles. The highest BCUT2D eigenvalue weighted by atomic mass is 127. The number of carbonyl (C=O) groups is 1. The van der Waals surface area contributed by atoms with Crippen LogP contribution in [0.5, 0.6) is 11.5 Å². The van der Waals surface area contributed by atoms with E-state index >= 15 is 0 Å². The number of guanidine groups is 1. The minimum atomic E-state index is 0. The fourth-order valence-corrected chi connectivity index (χ4v) is 3.72. The molecule has 0 fully saturated rings. The molecule has 2 aliphatic heterocycles. The number of rotatable bonds is 5. The van der Waals surface area contributed by atoms with Crippen molar-refractivity contribution in [2.75, 3.05) is 31.6 Å². The zero-order valence-corrected chi connectivity index (χ0v) is 20.0. The van der Waals surface area contributed by atoms with E-state index in [4.69, 9.17) is 14.5 Å². The number of aliphatic imine (C=N–C) groups is 1. The first-order chi connectivity index (χ1) is 14.7. The molecule has 8 heteroatoms. The number of fused-ring (bicyclic) bond motifs is 2. The molecular formula is C23H29IN4O3. The Kier molecular flexibility index (Phi) is 8.39. The lowest BCUT2D eigenvalue weighted by Gasteiger charge is -2.26. The van der Waals surface area contributed by atoms with Gasteiger partial charge < -0.3 is 25.4 Å². The van der Waals surface area contributed by atoms with Crippen molar-refractivity contribution < 1.29 is 14.3 Å². The number of ether oxygens (including phenoxy) is 2. The Morgan fingerprint density at radius 2 is 1.94 bits per heavy atom. The Hall–Kier alpha value is -2.49. The summed E-state index contributed by atoms with van der Waals surface area (Å²) in [6, 6.07) is 13.9. The highest BCUT2D eigenvalue weighted by Gasteiger charge is 2.24. The van der Waals surface area contributed by atoms with Gasteiger partial charge in [0.25, 0.3) is 0 Å². The molecule has 0 spiro atoms. The minimum Gasteiger partial charge on any atom is -0.490 e. The third-order valence-corrected chi connectivity index (χ3v) is 5.20. The first-order valence-corrected chi connectivity index (χ1v) is 10.5. The predicted octanol–water partition coefficient (Wildman–Crippen LogP) is 3.65. The molecule has 2 heterocycles. The summed E-state index contributed by atoms with van der Waals surface area (Å²) in [5, 5.41) is 9.62. The minimum absolute atomic E-state index is 0. The molecule has 166 valence electrons. The Morgan fingerprint density at radius 3 is 2.77 bits per heavy atom. The average Bonchev–Trinajstić information content (AvgIpc) is 3.00. The fraction of sp³-hybridized carbons (Fsp3) is 0.391. The van der Waals surface area contributed by atoms with Crippen molar-refractivity contribution in [2.45, 2.75) is 32.2 Å². The van der Waals surface area contributed by atoms with Crippen LogP contribution in [-0.2, 0) is 11.3 Å². The van der Waals surface area contributed by atoms with E-state index in [0.29, 0.717) is 32.7 Å². The molecule has 31 heavy (non-hydrogen) atoms. The van der Waals surface area contributed by atoms with Crippen LogP contribution in [0.2, 0.25) is 0 Å². The van der Waals surface area contributed by atoms with E-state index in [-0.39, 0.29) is 35.8 Å². The van der Waals surface area contributed by atoms with Gasteiger partial charge in [0.05, 0.1) is 19.8 Å². The molecule has 3 N–H and O–H groups in total. The Bertz CT molecular complexity index is 935. The summed E-state index contributed by atoms with van der Waals surface area (Å²) >= 11 is 0. The van der Waals surface area contributed by atoms with Crippen LogP contribution in [0.1, 0.15) is 36.8 Å². The van der Waals surface area contributed by atoms with Crippen LogP contribution in [-0.4, -0.2) is 38.2 Å². The van der Waals surface area contributed by atoms with Gasteiger partial charge in [-0.2, -0.15) is 0 Å². The molecule has 1 atom stereocenters. The van der Waals surface area contributed by atoms with Crippen LogP contribution >= 0.6 is 24.0 Å². The molecule has 0 aromatic heterocycles. The van der Waals surface area contributed by atoms with Crippen LogP contribution in [0, 0.1) is 0 Å². The van der Waals surface area contributed by atoms with Gasteiger partial charge in [0, 0.05) is 37.5 Å². The van der Waals surface area contributed by atoms with Gasteiger partial charge in [-0.05, 0) is 36.2 Å². The molecule has 1 unspecified atom stereocenters. The molecule has 1 amide bonds. The van der Waals surface area contributed by atoms with Crippen molar-refractivity contribution in [3.05, 3.63) is 53.6 Å². The van der Waals surface area contributed by atoms with E-state index in [2.05, 4.69) is 22.0 Å². The van der Waals surface area contributed by atoms with Gasteiger partial charge in [0.2, 0.25) is 5.91 Å². The van der Waals surface area contributed by atoms with Gasteiger partial charge in [0.15, 0.2) is 17.5 Å². The maximum Gasteiger partial charge on any atom is 0.225 e. The molecule has 0 bridgehead atoms. The average molecular weight is 536 g/mol. The van der Waals surface area contributed by atoms with Crippen LogP contribution in [0.15, 0.2) is 47.5 Å². The number of carbonyl (C=O) groups excluding carboxylic acids is 1. The molecule has 0 saturated carbocycles. The highest BCUT2D eigenvalue weighted by Crippen LogP contribution is 2.32. The van der Waals surface area contributed by atoms with Crippen molar-refractivity contribution in [2.24, 2.45) is 4.99 Å². The number of amides is 1. The van der Waals surface area contributed by atoms with E-state index in [1.165, 1.54) is 0 Å². The second-order valence-electron chi connectivity index (χ2n) is 7.44. The van der Waals surface area contributed by atoms with Gasteiger partial charge in [-0.3, -0.25) is 4.79 Å². The zero-order chi connectivity index (χ0) is 20.8. The first-order valence-electron chi connectivity index (χ1n) is 10.5. The normalized spacial score (nSPS) is 17.5. The summed E-state index contributed by atoms with van der Waals surface area (Å²) in [7, 11) is 0. The SMILES string of the molecule is CCNC(=NCc1ccc2c(c1)OCCCO2)NCC1CC(=O)Nc2ccccc21.I. The maximum atomic E-state index is 12.1. The predicted molar refractivity (Wildman–Crippen MR) is 133 cm³/mol. The number of nitrogens with one attached hydrogen (secondary N) is 3. The highest BCUT2D eigenvalue weighted by molar-refractivity contribution is 14.0. The summed E-state index contributed by atoms with van der Waals surface area (Å²) in [5.74, 6) is 2.46. The van der Waals surface area contributed by atoms with Crippen molar-refractivity contribution in [3.8, 4) is 11.5 Å². The van der Waals surface area contributed by atoms with Crippen LogP contribution in [0.4, 0.5) is 5.69 Å². The van der Waals surface area contributed by atoms with E-state index in [1.807, 2.05) is 43.3 Å². The molecular weight excluding hydrogens is 507 g/mol. The molecule has 2 aromatic rings. The summed E-state index contributed by atoms with van der Waals surface area (Å²) in [5.41, 5.74) is 3.11. The number of halogens is 1. The van der Waals surface area contributed by atoms with Gasteiger partial charge in [-0.25, -0.2) is 4.99 Å². The van der Waals surface area contributed by atoms with Crippen LogP contribution in [0.25, 0.3) is 0 Å². The molecule has 2 aliphatic rings. The largest absolute Gasteiger partial charge is 0.490 e. The Labute approximate surface area is 200 Å². The number of hydrogen-bond acceptors (Lipinski definition) is 4. The lowest BCUT2D eigenvalue weighted by Crippen LogP contribution is -2.40. The Balaban J connectivity index is 0.00000272. The Morgan fingerprint density at radius 1 is 1.13 bits per heavy atom. The number of benzene rings is 2. The first kappa shape index (κ1) is 23.2. The quantitative estimate of drug-likeness (QED) is 0.309. The van der Waals surface area contributed by atoms with E-state index in [9.17, 15) is 4.79 Å². The van der Waals surface area contributed by atoms with Crippen molar-refractivity contribution >= 4 is 41.5 Å². The summed E-state index contributed by atoms with van der Waals surface area (Å²) in [4.78, 5) is 16.8. The summed E-state index contributed by atoms with van der Waals surface area (Å²) in [6.45, 7) is 5.30. The lowest BCUT2D eigenvalue weighted by atomic mass is 9.90. The van der Waals surface area contributed by atoms with Gasteiger partial charge in [-0.1, -0.05) is 24.3 Å². The maximum absolute atomic E-state index is 12.1. The van der Waals surface area contributed by atoms with E-state index in [1.54, 1.807) is 0 Å². The number of nitrogens with zero attached hydrogens (tertiary/aromatic N) is 1. The summed E-state index contributed by atoms with van der Waals surface area (Å²) in [6.07, 6.45) is 1.35. The standard InChI is InChI=1S/C23H28N4O3.HI/c1-2-24-23(25-14-16-8-9-20-21(12-16)30-11-5-10-29-20)26-15-17-13-22(28)27-19-7-4-3-6-18(17)19;/h3-4,6-9,12,17H,2,5,10-11,13-15H2,1H3,(H,27,28)(H2,24,25,26);1H. The third kappa shape index (κ3) is 6.03. The van der Waals surface area contributed by atoms with Crippen molar-refractivity contribution in [1.82, 2.24) is 10.6 Å². The van der Waals surface area contributed by atoms with Crippen LogP contribution in [0.3, 0.4) is 0 Å². The van der Waals surface area contributed by atoms with E-state index in [0.717, 1.165) is 47.2 Å². The zero-order valence-electron chi connectivity index (χ0n) is 17.6. The van der Waals surface area contributed by atoms with E-state index < -0.39 is 0 Å². The second kappa shape index (κ2) is 11.2. The smallest absolute Gasteiger partial charge is 0.225 e. The third-order valence-electron chi connectivity index (χ3n) is 5.20. The fourth-order valence-electron chi connectivity index (χ4n) is 3.72. The molecule has 0 aliphatic carbocycles. The van der Waals surface area contributed by atoms with Crippen LogP contribution < -0.4 is 25.4 Å². The molecule has 7 nitrogen and oxygen atoms in total. The molecule has 0 radical (unpaired) electrons. The second-order valence-corrected chi connectivity index (χ2v) is 7.44. The van der Waals surface area contributed by atoms with Gasteiger partial charge >= 0.3 is 0 Å². The molecule has 0 saturated heterocycles. The number of anilines is 1. The molecule has 4 rings (SSSR count). The monoisotopic (exact) mass is 536 g/mol. The number of para-hydroxylation sites is 1. The summed E-state index contributed by atoms with van der Waals surface area (Å²) < 4.78 is 11.5. The van der Waals surface area contributed by atoms with Crippen molar-refractivity contribution in [1.29, 1.82) is 0 Å². The van der Waals surface area contributed by atoms with Gasteiger partial charge in [-0.15, -0.1) is 24.0 Å². The van der Waals surface area contributed by atoms with Crippen molar-refractivity contribution in [3.63, 3.8) is 0 Å². The topological polar surface area (TPSA) is 84.0 Å². The number of hydrogen-bond donors (Lipinski definition) is 3.